The predicted octanol–water partition coefficient (Wildman–Crippen LogP) is 5.23. The highest BCUT2D eigenvalue weighted by molar-refractivity contribution is 5.99. The van der Waals surface area contributed by atoms with E-state index in [9.17, 15) is 18.4 Å². The normalized spacial score (nSPS) is 19.6. The van der Waals surface area contributed by atoms with Crippen molar-refractivity contribution in [2.75, 3.05) is 19.6 Å². The van der Waals surface area contributed by atoms with Gasteiger partial charge in [0.1, 0.15) is 11.6 Å². The number of hydrogen-bond acceptors (Lipinski definition) is 3. The number of rotatable bonds is 6. The summed E-state index contributed by atoms with van der Waals surface area (Å²) in [6.07, 6.45) is 4.33. The van der Waals surface area contributed by atoms with Gasteiger partial charge in [-0.2, -0.15) is 0 Å². The molecule has 2 aliphatic rings. The Hall–Kier alpha value is -2.60. The van der Waals surface area contributed by atoms with E-state index in [0.717, 1.165) is 49.9 Å². The summed E-state index contributed by atoms with van der Waals surface area (Å²) in [4.78, 5) is 30.0. The van der Waals surface area contributed by atoms with Crippen molar-refractivity contribution in [3.63, 3.8) is 0 Å². The van der Waals surface area contributed by atoms with E-state index < -0.39 is 5.82 Å². The summed E-state index contributed by atoms with van der Waals surface area (Å²) in [5, 5.41) is 0. The molecule has 0 aromatic heterocycles. The Balaban J connectivity index is 1.44. The molecule has 6 heteroatoms. The monoisotopic (exact) mass is 468 g/mol. The van der Waals surface area contributed by atoms with Crippen molar-refractivity contribution in [3.8, 4) is 0 Å². The third-order valence-corrected chi connectivity index (χ3v) is 7.53. The molecule has 1 saturated carbocycles. The van der Waals surface area contributed by atoms with Crippen molar-refractivity contribution in [2.45, 2.75) is 65.5 Å². The molecule has 4 rings (SSSR count). The number of ketones is 1. The molecule has 0 bridgehead atoms. The molecule has 0 N–H and O–H groups in total. The maximum atomic E-state index is 14.5. The second kappa shape index (κ2) is 10.3. The minimum absolute atomic E-state index is 0.0287. The Kier molecular flexibility index (Phi) is 7.46. The van der Waals surface area contributed by atoms with Crippen LogP contribution in [-0.2, 0) is 17.8 Å². The van der Waals surface area contributed by atoms with Crippen LogP contribution in [0.5, 0.6) is 0 Å². The quantitative estimate of drug-likeness (QED) is 0.545. The van der Waals surface area contributed by atoms with Crippen LogP contribution in [0, 0.1) is 31.4 Å². The fourth-order valence-corrected chi connectivity index (χ4v) is 5.46. The summed E-state index contributed by atoms with van der Waals surface area (Å²) in [5.74, 6) is -0.571. The summed E-state index contributed by atoms with van der Waals surface area (Å²) in [7, 11) is 0. The van der Waals surface area contributed by atoms with E-state index in [2.05, 4.69) is 11.8 Å². The lowest BCUT2D eigenvalue weighted by Crippen LogP contribution is -2.54. The minimum atomic E-state index is -0.453. The highest BCUT2D eigenvalue weighted by Crippen LogP contribution is 2.28. The first-order chi connectivity index (χ1) is 16.2. The van der Waals surface area contributed by atoms with Crippen LogP contribution in [0.1, 0.15) is 65.2 Å². The van der Waals surface area contributed by atoms with Gasteiger partial charge < -0.3 is 4.90 Å². The molecule has 2 aromatic rings. The molecule has 1 heterocycles. The first-order valence-electron chi connectivity index (χ1n) is 12.3. The Bertz CT molecular complexity index is 1080. The molecule has 1 aliphatic carbocycles. The number of amides is 1. The SMILES string of the molecule is Cc1ccc(F)cc1C(=O)Cc1cc(F)cc(CN2CCN(C(=O)C3CCCC3)[C@@H](C)C2)c1C. The van der Waals surface area contributed by atoms with Crippen LogP contribution in [0.2, 0.25) is 0 Å². The molecule has 1 amide bonds. The standard InChI is InChI=1S/C28H34F2N2O2/c1-18-8-9-24(29)15-26(18)27(33)14-22-12-25(30)13-23(20(22)3)17-31-10-11-32(19(2)16-31)28(34)21-6-4-5-7-21/h8-9,12-13,15,19,21H,4-7,10-11,14,16-17H2,1-3H3/t19-/m0/s1. The van der Waals surface area contributed by atoms with E-state index in [4.69, 9.17) is 0 Å². The van der Waals surface area contributed by atoms with Gasteiger partial charge in [-0.05, 0) is 80.1 Å². The van der Waals surface area contributed by atoms with Gasteiger partial charge in [-0.1, -0.05) is 18.9 Å². The van der Waals surface area contributed by atoms with Crippen LogP contribution >= 0.6 is 0 Å². The zero-order valence-corrected chi connectivity index (χ0v) is 20.4. The van der Waals surface area contributed by atoms with Gasteiger partial charge in [-0.15, -0.1) is 0 Å². The lowest BCUT2D eigenvalue weighted by molar-refractivity contribution is -0.140. The summed E-state index contributed by atoms with van der Waals surface area (Å²) >= 11 is 0. The Labute approximate surface area is 200 Å². The average molecular weight is 469 g/mol. The molecule has 0 spiro atoms. The first-order valence-corrected chi connectivity index (χ1v) is 12.3. The van der Waals surface area contributed by atoms with E-state index in [1.54, 1.807) is 13.0 Å². The predicted molar refractivity (Wildman–Crippen MR) is 129 cm³/mol. The fourth-order valence-electron chi connectivity index (χ4n) is 5.46. The molecule has 1 aliphatic heterocycles. The summed E-state index contributed by atoms with van der Waals surface area (Å²) in [6.45, 7) is 8.52. The van der Waals surface area contributed by atoms with Crippen LogP contribution in [-0.4, -0.2) is 47.2 Å². The van der Waals surface area contributed by atoms with Gasteiger partial charge in [-0.3, -0.25) is 14.5 Å². The molecule has 1 saturated heterocycles. The van der Waals surface area contributed by atoms with Crippen LogP contribution in [0.4, 0.5) is 8.78 Å². The molecule has 0 unspecified atom stereocenters. The molecular formula is C28H34F2N2O2. The first kappa shape index (κ1) is 24.5. The maximum Gasteiger partial charge on any atom is 0.226 e. The van der Waals surface area contributed by atoms with E-state index in [1.807, 2.05) is 11.8 Å². The number of carbonyl (C=O) groups excluding carboxylic acids is 2. The average Bonchev–Trinajstić information content (AvgIpc) is 3.33. The zero-order valence-electron chi connectivity index (χ0n) is 20.4. The van der Waals surface area contributed by atoms with Crippen molar-refractivity contribution in [2.24, 2.45) is 5.92 Å². The van der Waals surface area contributed by atoms with E-state index in [0.29, 0.717) is 35.7 Å². The van der Waals surface area contributed by atoms with Crippen LogP contribution in [0.25, 0.3) is 0 Å². The van der Waals surface area contributed by atoms with Crippen LogP contribution in [0.3, 0.4) is 0 Å². The molecule has 2 aromatic carbocycles. The second-order valence-corrected chi connectivity index (χ2v) is 10.0. The van der Waals surface area contributed by atoms with Crippen molar-refractivity contribution in [3.05, 3.63) is 69.8 Å². The van der Waals surface area contributed by atoms with Gasteiger partial charge in [0.05, 0.1) is 0 Å². The van der Waals surface area contributed by atoms with Crippen LogP contribution in [0.15, 0.2) is 30.3 Å². The third-order valence-electron chi connectivity index (χ3n) is 7.53. The number of benzene rings is 2. The highest BCUT2D eigenvalue weighted by atomic mass is 19.1. The minimum Gasteiger partial charge on any atom is -0.337 e. The van der Waals surface area contributed by atoms with Gasteiger partial charge >= 0.3 is 0 Å². The smallest absolute Gasteiger partial charge is 0.226 e. The number of piperazine rings is 1. The van der Waals surface area contributed by atoms with Gasteiger partial charge in [0.2, 0.25) is 5.91 Å². The van der Waals surface area contributed by atoms with Crippen molar-refractivity contribution >= 4 is 11.7 Å². The number of Topliss-reactive ketones (excluding diaryl/α,β-unsaturated/α-hetero) is 1. The Morgan fingerprint density at radius 1 is 0.971 bits per heavy atom. The fraction of sp³-hybridized carbons (Fsp3) is 0.500. The van der Waals surface area contributed by atoms with E-state index >= 15 is 0 Å². The van der Waals surface area contributed by atoms with Crippen LogP contribution < -0.4 is 0 Å². The zero-order chi connectivity index (χ0) is 24.4. The number of carbonyl (C=O) groups is 2. The molecular weight excluding hydrogens is 434 g/mol. The number of nitrogens with zero attached hydrogens (tertiary/aromatic N) is 2. The van der Waals surface area contributed by atoms with E-state index in [1.165, 1.54) is 24.3 Å². The Morgan fingerprint density at radius 2 is 1.68 bits per heavy atom. The van der Waals surface area contributed by atoms with Crippen molar-refractivity contribution in [1.82, 2.24) is 9.80 Å². The largest absolute Gasteiger partial charge is 0.337 e. The summed E-state index contributed by atoms with van der Waals surface area (Å²) in [6, 6.07) is 7.24. The lowest BCUT2D eigenvalue weighted by atomic mass is 9.94. The third kappa shape index (κ3) is 5.38. The number of halogens is 2. The molecule has 4 nitrogen and oxygen atoms in total. The molecule has 1 atom stereocenters. The van der Waals surface area contributed by atoms with Gasteiger partial charge in [0, 0.05) is 50.1 Å². The lowest BCUT2D eigenvalue weighted by Gasteiger charge is -2.41. The van der Waals surface area contributed by atoms with Gasteiger partial charge in [0.15, 0.2) is 5.78 Å². The highest BCUT2D eigenvalue weighted by Gasteiger charge is 2.33. The molecule has 2 fully saturated rings. The van der Waals surface area contributed by atoms with E-state index in [-0.39, 0.29) is 30.0 Å². The second-order valence-electron chi connectivity index (χ2n) is 10.0. The molecule has 34 heavy (non-hydrogen) atoms. The maximum absolute atomic E-state index is 14.5. The van der Waals surface area contributed by atoms with Crippen molar-refractivity contribution in [1.29, 1.82) is 0 Å². The molecule has 0 radical (unpaired) electrons. The van der Waals surface area contributed by atoms with Gasteiger partial charge in [0.25, 0.3) is 0 Å². The summed E-state index contributed by atoms with van der Waals surface area (Å²) < 4.78 is 28.2. The number of aryl methyl sites for hydroxylation is 1. The molecule has 182 valence electrons. The number of hydrogen-bond donors (Lipinski definition) is 0. The Morgan fingerprint density at radius 3 is 2.38 bits per heavy atom. The van der Waals surface area contributed by atoms with Crippen molar-refractivity contribution < 1.29 is 18.4 Å². The van der Waals surface area contributed by atoms with Gasteiger partial charge in [-0.25, -0.2) is 8.78 Å². The summed E-state index contributed by atoms with van der Waals surface area (Å²) in [5.41, 5.74) is 3.41. The topological polar surface area (TPSA) is 40.6 Å².